The number of amides is 2. The van der Waals surface area contributed by atoms with Gasteiger partial charge in [-0.1, -0.05) is 12.1 Å². The minimum absolute atomic E-state index is 0.218. The Balaban J connectivity index is 1.87. The van der Waals surface area contributed by atoms with Crippen LogP contribution in [0.15, 0.2) is 42.6 Å². The molecule has 7 nitrogen and oxygen atoms in total. The average Bonchev–Trinajstić information content (AvgIpc) is 2.67. The summed E-state index contributed by atoms with van der Waals surface area (Å²) in [6.07, 6.45) is 2.14. The Bertz CT molecular complexity index is 777. The highest BCUT2D eigenvalue weighted by Crippen LogP contribution is 2.12. The Morgan fingerprint density at radius 3 is 2.59 bits per heavy atom. The summed E-state index contributed by atoms with van der Waals surface area (Å²) in [7, 11) is 5.50. The number of likely N-dealkylation sites (N-methyl/N-ethyl adjacent to an activating group) is 1. The van der Waals surface area contributed by atoms with Gasteiger partial charge >= 0.3 is 0 Å². The van der Waals surface area contributed by atoms with Crippen LogP contribution in [-0.4, -0.2) is 62.5 Å². The summed E-state index contributed by atoms with van der Waals surface area (Å²) in [6.45, 7) is 1.75. The Labute approximate surface area is 159 Å². The number of carbonyl (C=O) groups excluding carboxylic acids is 2. The van der Waals surface area contributed by atoms with E-state index in [0.717, 1.165) is 17.9 Å². The number of ether oxygens (including phenoxy) is 1. The normalized spacial score (nSPS) is 10.5. The second-order valence-corrected chi connectivity index (χ2v) is 6.35. The lowest BCUT2D eigenvalue weighted by molar-refractivity contribution is 0.0949. The molecule has 1 aromatic carbocycles. The standard InChI is InChI=1S/C20H26N4O3/c1-24(2)12-11-23-19(25)16-8-10-21-18(14-16)20(26)22-9-7-15-5-4-6-17(13-15)27-3/h4-6,8,10,13-14H,7,9,11-12H2,1-3H3,(H,22,26)(H,23,25). The molecule has 0 saturated heterocycles. The molecular formula is C20H26N4O3. The molecule has 2 amide bonds. The van der Waals surface area contributed by atoms with Crippen molar-refractivity contribution in [2.45, 2.75) is 6.42 Å². The number of carbonyl (C=O) groups is 2. The molecule has 0 aliphatic carbocycles. The molecule has 2 N–H and O–H groups in total. The van der Waals surface area contributed by atoms with E-state index in [1.54, 1.807) is 13.2 Å². The van der Waals surface area contributed by atoms with Crippen LogP contribution in [0.25, 0.3) is 0 Å². The molecule has 27 heavy (non-hydrogen) atoms. The largest absolute Gasteiger partial charge is 0.497 e. The average molecular weight is 370 g/mol. The van der Waals surface area contributed by atoms with E-state index >= 15 is 0 Å². The maximum atomic E-state index is 12.3. The van der Waals surface area contributed by atoms with E-state index in [1.807, 2.05) is 43.3 Å². The summed E-state index contributed by atoms with van der Waals surface area (Å²) < 4.78 is 5.19. The second-order valence-electron chi connectivity index (χ2n) is 6.35. The molecule has 0 bridgehead atoms. The summed E-state index contributed by atoms with van der Waals surface area (Å²) in [4.78, 5) is 30.5. The lowest BCUT2D eigenvalue weighted by atomic mass is 10.1. The van der Waals surface area contributed by atoms with E-state index in [-0.39, 0.29) is 17.5 Å². The van der Waals surface area contributed by atoms with Crippen LogP contribution in [0.3, 0.4) is 0 Å². The van der Waals surface area contributed by atoms with Crippen LogP contribution in [0.2, 0.25) is 0 Å². The van der Waals surface area contributed by atoms with Crippen LogP contribution < -0.4 is 15.4 Å². The minimum Gasteiger partial charge on any atom is -0.497 e. The van der Waals surface area contributed by atoms with Gasteiger partial charge in [-0.3, -0.25) is 14.6 Å². The predicted octanol–water partition coefficient (Wildman–Crippen LogP) is 1.35. The topological polar surface area (TPSA) is 83.6 Å². The Hall–Kier alpha value is -2.93. The highest BCUT2D eigenvalue weighted by molar-refractivity contribution is 5.98. The Kier molecular flexibility index (Phi) is 7.76. The highest BCUT2D eigenvalue weighted by atomic mass is 16.5. The molecule has 2 rings (SSSR count). The summed E-state index contributed by atoms with van der Waals surface area (Å²) >= 11 is 0. The van der Waals surface area contributed by atoms with Crippen molar-refractivity contribution in [3.8, 4) is 5.75 Å². The molecule has 0 unspecified atom stereocenters. The van der Waals surface area contributed by atoms with Gasteiger partial charge in [-0.15, -0.1) is 0 Å². The summed E-state index contributed by atoms with van der Waals surface area (Å²) in [5.41, 5.74) is 1.71. The Morgan fingerprint density at radius 1 is 1.07 bits per heavy atom. The van der Waals surface area contributed by atoms with Gasteiger partial charge in [-0.25, -0.2) is 0 Å². The van der Waals surface area contributed by atoms with Gasteiger partial charge in [0.1, 0.15) is 11.4 Å². The van der Waals surface area contributed by atoms with E-state index in [9.17, 15) is 9.59 Å². The highest BCUT2D eigenvalue weighted by Gasteiger charge is 2.11. The molecule has 0 aliphatic rings. The zero-order valence-electron chi connectivity index (χ0n) is 16.0. The van der Waals surface area contributed by atoms with Crippen LogP contribution in [0, 0.1) is 0 Å². The summed E-state index contributed by atoms with van der Waals surface area (Å²) in [5.74, 6) is 0.263. The zero-order chi connectivity index (χ0) is 19.6. The molecular weight excluding hydrogens is 344 g/mol. The number of nitrogens with one attached hydrogen (secondary N) is 2. The van der Waals surface area contributed by atoms with Crippen LogP contribution >= 0.6 is 0 Å². The lowest BCUT2D eigenvalue weighted by Gasteiger charge is -2.11. The van der Waals surface area contributed by atoms with Crippen LogP contribution in [0.5, 0.6) is 5.75 Å². The number of nitrogens with zero attached hydrogens (tertiary/aromatic N) is 2. The molecule has 0 aliphatic heterocycles. The first kappa shape index (κ1) is 20.4. The molecule has 1 heterocycles. The number of pyridine rings is 1. The smallest absolute Gasteiger partial charge is 0.269 e. The number of hydrogen-bond acceptors (Lipinski definition) is 5. The van der Waals surface area contributed by atoms with Crippen LogP contribution in [-0.2, 0) is 6.42 Å². The molecule has 0 atom stereocenters. The molecule has 0 radical (unpaired) electrons. The summed E-state index contributed by atoms with van der Waals surface area (Å²) in [5, 5.41) is 5.65. The number of methoxy groups -OCH3 is 1. The fourth-order valence-electron chi connectivity index (χ4n) is 2.43. The molecule has 0 saturated carbocycles. The van der Waals surface area contributed by atoms with Gasteiger partial charge in [-0.05, 0) is 50.3 Å². The van der Waals surface area contributed by atoms with Crippen molar-refractivity contribution in [2.75, 3.05) is 40.8 Å². The van der Waals surface area contributed by atoms with Crippen molar-refractivity contribution >= 4 is 11.8 Å². The van der Waals surface area contributed by atoms with Gasteiger partial charge in [0.05, 0.1) is 7.11 Å². The van der Waals surface area contributed by atoms with Crippen molar-refractivity contribution in [2.24, 2.45) is 0 Å². The number of aromatic nitrogens is 1. The van der Waals surface area contributed by atoms with Gasteiger partial charge in [0.25, 0.3) is 11.8 Å². The third kappa shape index (κ3) is 6.71. The third-order valence-corrected chi connectivity index (χ3v) is 3.93. The SMILES string of the molecule is COc1cccc(CCNC(=O)c2cc(C(=O)NCCN(C)C)ccn2)c1. The Morgan fingerprint density at radius 2 is 1.85 bits per heavy atom. The van der Waals surface area contributed by atoms with Crippen molar-refractivity contribution in [1.29, 1.82) is 0 Å². The molecule has 144 valence electrons. The number of hydrogen-bond donors (Lipinski definition) is 2. The maximum Gasteiger partial charge on any atom is 0.269 e. The quantitative estimate of drug-likeness (QED) is 0.696. The molecule has 0 spiro atoms. The van der Waals surface area contributed by atoms with E-state index in [1.165, 1.54) is 12.3 Å². The van der Waals surface area contributed by atoms with Crippen molar-refractivity contribution in [1.82, 2.24) is 20.5 Å². The van der Waals surface area contributed by atoms with Gasteiger partial charge < -0.3 is 20.3 Å². The minimum atomic E-state index is -0.305. The fourth-order valence-corrected chi connectivity index (χ4v) is 2.43. The van der Waals surface area contributed by atoms with Gasteiger partial charge in [-0.2, -0.15) is 0 Å². The first-order valence-electron chi connectivity index (χ1n) is 8.79. The number of benzene rings is 1. The maximum absolute atomic E-state index is 12.3. The van der Waals surface area contributed by atoms with Gasteiger partial charge in [0, 0.05) is 31.4 Å². The lowest BCUT2D eigenvalue weighted by Crippen LogP contribution is -2.32. The summed E-state index contributed by atoms with van der Waals surface area (Å²) in [6, 6.07) is 10.8. The molecule has 7 heteroatoms. The third-order valence-electron chi connectivity index (χ3n) is 3.93. The second kappa shape index (κ2) is 10.3. The van der Waals surface area contributed by atoms with Crippen molar-refractivity contribution in [3.63, 3.8) is 0 Å². The van der Waals surface area contributed by atoms with Crippen molar-refractivity contribution in [3.05, 3.63) is 59.4 Å². The van der Waals surface area contributed by atoms with Gasteiger partial charge in [0.15, 0.2) is 0 Å². The molecule has 0 fully saturated rings. The number of rotatable bonds is 9. The van der Waals surface area contributed by atoms with E-state index < -0.39 is 0 Å². The van der Waals surface area contributed by atoms with E-state index in [4.69, 9.17) is 4.74 Å². The molecule has 1 aromatic heterocycles. The van der Waals surface area contributed by atoms with E-state index in [0.29, 0.717) is 25.1 Å². The first-order valence-corrected chi connectivity index (χ1v) is 8.79. The zero-order valence-corrected chi connectivity index (χ0v) is 16.0. The van der Waals surface area contributed by atoms with Crippen molar-refractivity contribution < 1.29 is 14.3 Å². The monoisotopic (exact) mass is 370 g/mol. The fraction of sp³-hybridized carbons (Fsp3) is 0.350. The first-order chi connectivity index (χ1) is 13.0. The van der Waals surface area contributed by atoms with Gasteiger partial charge in [0.2, 0.25) is 0 Å². The van der Waals surface area contributed by atoms with E-state index in [2.05, 4.69) is 15.6 Å². The van der Waals surface area contributed by atoms with Crippen LogP contribution in [0.1, 0.15) is 26.4 Å². The van der Waals surface area contributed by atoms with Crippen LogP contribution in [0.4, 0.5) is 0 Å². The molecule has 2 aromatic rings. The predicted molar refractivity (Wildman–Crippen MR) is 104 cm³/mol.